The first kappa shape index (κ1) is 12.7. The first-order valence-electron chi connectivity index (χ1n) is 6.33. The predicted molar refractivity (Wildman–Crippen MR) is 73.4 cm³/mol. The van der Waals surface area contributed by atoms with Crippen LogP contribution in [0, 0.1) is 5.82 Å². The predicted octanol–water partition coefficient (Wildman–Crippen LogP) is 1.75. The summed E-state index contributed by atoms with van der Waals surface area (Å²) in [7, 11) is 0. The molecule has 0 bridgehead atoms. The van der Waals surface area contributed by atoms with Crippen molar-refractivity contribution in [1.29, 1.82) is 0 Å². The third-order valence-electron chi connectivity index (χ3n) is 3.11. The van der Waals surface area contributed by atoms with E-state index in [1.165, 1.54) is 23.5 Å². The molecule has 1 aliphatic rings. The fraction of sp³-hybridized carbons (Fsp3) is 0.385. The van der Waals surface area contributed by atoms with Gasteiger partial charge in [0.1, 0.15) is 15.8 Å². The molecule has 0 amide bonds. The van der Waals surface area contributed by atoms with Crippen LogP contribution in [0.25, 0.3) is 10.6 Å². The monoisotopic (exact) mass is 278 g/mol. The van der Waals surface area contributed by atoms with Crippen LogP contribution >= 0.6 is 11.3 Å². The lowest BCUT2D eigenvalue weighted by atomic mass is 10.2. The van der Waals surface area contributed by atoms with Crippen molar-refractivity contribution in [2.45, 2.75) is 6.54 Å². The van der Waals surface area contributed by atoms with Crippen LogP contribution in [-0.4, -0.2) is 41.3 Å². The Morgan fingerprint density at radius 1 is 1.26 bits per heavy atom. The molecule has 1 fully saturated rings. The van der Waals surface area contributed by atoms with Crippen molar-refractivity contribution >= 4 is 11.3 Å². The maximum atomic E-state index is 13.2. The number of hydrogen-bond acceptors (Lipinski definition) is 5. The van der Waals surface area contributed by atoms with E-state index >= 15 is 0 Å². The van der Waals surface area contributed by atoms with E-state index in [1.807, 2.05) is 6.07 Å². The van der Waals surface area contributed by atoms with Crippen LogP contribution in [0.4, 0.5) is 4.39 Å². The van der Waals surface area contributed by atoms with E-state index in [4.69, 9.17) is 0 Å². The summed E-state index contributed by atoms with van der Waals surface area (Å²) in [4.78, 5) is 2.35. The Balaban J connectivity index is 1.72. The number of halogens is 1. The molecule has 0 radical (unpaired) electrons. The van der Waals surface area contributed by atoms with Crippen LogP contribution in [0.1, 0.15) is 5.01 Å². The highest BCUT2D eigenvalue weighted by Gasteiger charge is 2.13. The molecule has 0 atom stereocenters. The number of benzene rings is 1. The van der Waals surface area contributed by atoms with E-state index in [1.54, 1.807) is 6.07 Å². The molecule has 0 spiro atoms. The number of hydrogen-bond donors (Lipinski definition) is 1. The third-order valence-corrected chi connectivity index (χ3v) is 4.06. The fourth-order valence-electron chi connectivity index (χ4n) is 2.12. The highest BCUT2D eigenvalue weighted by Crippen LogP contribution is 2.24. The summed E-state index contributed by atoms with van der Waals surface area (Å²) in [6.07, 6.45) is 0. The summed E-state index contributed by atoms with van der Waals surface area (Å²) >= 11 is 1.54. The molecular weight excluding hydrogens is 263 g/mol. The number of piperazine rings is 1. The molecule has 0 aliphatic carbocycles. The lowest BCUT2D eigenvalue weighted by Gasteiger charge is -2.25. The van der Waals surface area contributed by atoms with Gasteiger partial charge in [-0.1, -0.05) is 23.5 Å². The lowest BCUT2D eigenvalue weighted by molar-refractivity contribution is 0.232. The topological polar surface area (TPSA) is 41.1 Å². The Labute approximate surface area is 115 Å². The normalized spacial score (nSPS) is 16.7. The van der Waals surface area contributed by atoms with E-state index in [0.29, 0.717) is 0 Å². The Morgan fingerprint density at radius 2 is 2.11 bits per heavy atom. The molecule has 19 heavy (non-hydrogen) atoms. The van der Waals surface area contributed by atoms with E-state index in [9.17, 15) is 4.39 Å². The second-order valence-electron chi connectivity index (χ2n) is 4.54. The summed E-state index contributed by atoms with van der Waals surface area (Å²) in [6.45, 7) is 4.95. The molecule has 0 saturated carbocycles. The third kappa shape index (κ3) is 3.15. The molecule has 0 unspecified atom stereocenters. The highest BCUT2D eigenvalue weighted by atomic mass is 32.1. The van der Waals surface area contributed by atoms with E-state index in [2.05, 4.69) is 20.4 Å². The Hall–Kier alpha value is -1.37. The Morgan fingerprint density at radius 3 is 2.89 bits per heavy atom. The van der Waals surface area contributed by atoms with Crippen molar-refractivity contribution in [3.63, 3.8) is 0 Å². The van der Waals surface area contributed by atoms with Gasteiger partial charge in [-0.2, -0.15) is 0 Å². The van der Waals surface area contributed by atoms with Gasteiger partial charge in [0.05, 0.1) is 6.54 Å². The van der Waals surface area contributed by atoms with Crippen LogP contribution in [-0.2, 0) is 6.54 Å². The summed E-state index contributed by atoms with van der Waals surface area (Å²) in [5.41, 5.74) is 0.795. The van der Waals surface area contributed by atoms with Crippen LogP contribution in [0.15, 0.2) is 24.3 Å². The SMILES string of the molecule is Fc1cccc(-c2nnc(CN3CCNCC3)s2)c1. The Kier molecular flexibility index (Phi) is 3.82. The number of nitrogens with zero attached hydrogens (tertiary/aromatic N) is 3. The van der Waals surface area contributed by atoms with Crippen LogP contribution in [0.5, 0.6) is 0 Å². The minimum atomic E-state index is -0.239. The molecule has 1 aromatic heterocycles. The maximum absolute atomic E-state index is 13.2. The van der Waals surface area contributed by atoms with Crippen LogP contribution in [0.2, 0.25) is 0 Å². The minimum absolute atomic E-state index is 0.239. The molecule has 1 N–H and O–H groups in total. The van der Waals surface area contributed by atoms with Gasteiger partial charge < -0.3 is 5.32 Å². The zero-order valence-electron chi connectivity index (χ0n) is 10.5. The molecule has 1 aliphatic heterocycles. The molecular formula is C13H15FN4S. The molecule has 2 heterocycles. The van der Waals surface area contributed by atoms with Gasteiger partial charge in [-0.15, -0.1) is 10.2 Å². The van der Waals surface area contributed by atoms with Crippen molar-refractivity contribution < 1.29 is 4.39 Å². The van der Waals surface area contributed by atoms with Crippen molar-refractivity contribution in [1.82, 2.24) is 20.4 Å². The van der Waals surface area contributed by atoms with Gasteiger partial charge in [0.25, 0.3) is 0 Å². The minimum Gasteiger partial charge on any atom is -0.314 e. The smallest absolute Gasteiger partial charge is 0.147 e. The van der Waals surface area contributed by atoms with Crippen LogP contribution < -0.4 is 5.32 Å². The zero-order valence-corrected chi connectivity index (χ0v) is 11.3. The van der Waals surface area contributed by atoms with Gasteiger partial charge in [-0.05, 0) is 12.1 Å². The number of nitrogens with one attached hydrogen (secondary N) is 1. The average Bonchev–Trinajstić information content (AvgIpc) is 2.88. The molecule has 1 saturated heterocycles. The fourth-order valence-corrected chi connectivity index (χ4v) is 2.99. The molecule has 1 aromatic carbocycles. The molecule has 3 rings (SSSR count). The molecule has 6 heteroatoms. The van der Waals surface area contributed by atoms with E-state index in [0.717, 1.165) is 48.3 Å². The quantitative estimate of drug-likeness (QED) is 0.928. The maximum Gasteiger partial charge on any atom is 0.147 e. The first-order valence-corrected chi connectivity index (χ1v) is 7.14. The van der Waals surface area contributed by atoms with Crippen molar-refractivity contribution in [3.8, 4) is 10.6 Å². The lowest BCUT2D eigenvalue weighted by Crippen LogP contribution is -2.42. The van der Waals surface area contributed by atoms with Gasteiger partial charge in [0.2, 0.25) is 0 Å². The van der Waals surface area contributed by atoms with Gasteiger partial charge in [-0.25, -0.2) is 4.39 Å². The summed E-state index contributed by atoms with van der Waals surface area (Å²) in [5, 5.41) is 13.4. The van der Waals surface area contributed by atoms with Crippen molar-refractivity contribution in [2.24, 2.45) is 0 Å². The molecule has 100 valence electrons. The number of aromatic nitrogens is 2. The highest BCUT2D eigenvalue weighted by molar-refractivity contribution is 7.14. The second kappa shape index (κ2) is 5.73. The average molecular weight is 278 g/mol. The summed E-state index contributed by atoms with van der Waals surface area (Å²) in [6, 6.07) is 6.49. The first-order chi connectivity index (χ1) is 9.31. The molecule has 2 aromatic rings. The van der Waals surface area contributed by atoms with Crippen molar-refractivity contribution in [2.75, 3.05) is 26.2 Å². The molecule has 4 nitrogen and oxygen atoms in total. The zero-order chi connectivity index (χ0) is 13.1. The van der Waals surface area contributed by atoms with Gasteiger partial charge in [0.15, 0.2) is 0 Å². The number of rotatable bonds is 3. The Bertz CT molecular complexity index is 551. The largest absolute Gasteiger partial charge is 0.314 e. The van der Waals surface area contributed by atoms with Crippen molar-refractivity contribution in [3.05, 3.63) is 35.1 Å². The van der Waals surface area contributed by atoms with E-state index in [-0.39, 0.29) is 5.82 Å². The standard InChI is InChI=1S/C13H15FN4S/c14-11-3-1-2-10(8-11)13-17-16-12(19-13)9-18-6-4-15-5-7-18/h1-3,8,15H,4-7,9H2. The summed E-state index contributed by atoms with van der Waals surface area (Å²) < 4.78 is 13.2. The van der Waals surface area contributed by atoms with Gasteiger partial charge in [0, 0.05) is 31.7 Å². The van der Waals surface area contributed by atoms with Crippen LogP contribution in [0.3, 0.4) is 0 Å². The van der Waals surface area contributed by atoms with Gasteiger partial charge >= 0.3 is 0 Å². The summed E-state index contributed by atoms with van der Waals surface area (Å²) in [5.74, 6) is -0.239. The van der Waals surface area contributed by atoms with Gasteiger partial charge in [-0.3, -0.25) is 4.90 Å². The second-order valence-corrected chi connectivity index (χ2v) is 5.60. The van der Waals surface area contributed by atoms with E-state index < -0.39 is 0 Å².